The molecule has 0 spiro atoms. The quantitative estimate of drug-likeness (QED) is 0.386. The summed E-state index contributed by atoms with van der Waals surface area (Å²) in [6, 6.07) is 0. The van der Waals surface area contributed by atoms with Crippen LogP contribution in [0, 0.1) is 169 Å². The smallest absolute Gasteiger partial charge is 0 e. The third-order valence-electron chi connectivity index (χ3n) is 1.41. The molecule has 1 radical (unpaired) electrons. The van der Waals surface area contributed by atoms with Crippen LogP contribution in [0.1, 0.15) is 55.9 Å². The molecule has 0 saturated carbocycles. The molecular weight excluding hydrogens is 491 g/mol. The topological polar surface area (TPSA) is 0 Å². The van der Waals surface area contributed by atoms with Crippen LogP contribution >= 0.6 is 0 Å². The van der Waals surface area contributed by atoms with Gasteiger partial charge in [-0.15, -0.1) is 62.7 Å². The molecule has 0 saturated heterocycles. The number of rotatable bonds is 0. The van der Waals surface area contributed by atoms with Gasteiger partial charge in [0.05, 0.1) is 0 Å². The fourth-order valence-electron chi connectivity index (χ4n) is 0.462. The summed E-state index contributed by atoms with van der Waals surface area (Å²) in [6.45, 7) is 12.2. The second-order valence-corrected chi connectivity index (χ2v) is 3.62. The average Bonchev–Trinajstić information content (AvgIpc) is 2.89. The molecule has 0 aromatic heterocycles. The van der Waals surface area contributed by atoms with Gasteiger partial charge >= 0.3 is 0 Å². The van der Waals surface area contributed by atoms with Crippen LogP contribution in [0.25, 0.3) is 0 Å². The SMILES string of the molecule is C.C#C.C#CC.C#CC#CC.C#CC#CC#C.C#CC#CC#CC.CC#CC.CC#CC#CC#CC.[Co]. The Labute approximate surface area is 241 Å². The first kappa shape index (κ1) is 57.8. The number of hydrogen-bond donors (Lipinski definition) is 0. The van der Waals surface area contributed by atoms with E-state index in [4.69, 9.17) is 25.7 Å². The van der Waals surface area contributed by atoms with Crippen molar-refractivity contribution in [3.63, 3.8) is 0 Å². The van der Waals surface area contributed by atoms with Gasteiger partial charge in [0.2, 0.25) is 0 Å². The molecule has 0 heterocycles. The van der Waals surface area contributed by atoms with E-state index in [0.29, 0.717) is 0 Å². The zero-order valence-corrected chi connectivity index (χ0v) is 22.9. The van der Waals surface area contributed by atoms with E-state index in [-0.39, 0.29) is 24.2 Å². The van der Waals surface area contributed by atoms with Gasteiger partial charge in [0, 0.05) is 16.8 Å². The molecule has 0 aromatic carbocycles. The summed E-state index contributed by atoms with van der Waals surface area (Å²) in [5.74, 6) is 50.8. The predicted molar refractivity (Wildman–Crippen MR) is 163 cm³/mol. The van der Waals surface area contributed by atoms with Gasteiger partial charge in [0.25, 0.3) is 0 Å². The van der Waals surface area contributed by atoms with Crippen molar-refractivity contribution >= 4 is 0 Å². The minimum Gasteiger partial charge on any atom is -0.124 e. The van der Waals surface area contributed by atoms with Crippen LogP contribution in [0.15, 0.2) is 0 Å². The molecule has 0 amide bonds. The van der Waals surface area contributed by atoms with Crippen LogP contribution in [-0.2, 0) is 16.8 Å². The van der Waals surface area contributed by atoms with Crippen LogP contribution in [0.2, 0.25) is 0 Å². The summed E-state index contributed by atoms with van der Waals surface area (Å²) in [5.41, 5.74) is 0. The Morgan fingerprint density at radius 1 is 0.324 bits per heavy atom. The van der Waals surface area contributed by atoms with Crippen LogP contribution in [-0.4, -0.2) is 0 Å². The summed E-state index contributed by atoms with van der Waals surface area (Å²) in [5, 5.41) is 0. The van der Waals surface area contributed by atoms with Crippen molar-refractivity contribution in [2.24, 2.45) is 0 Å². The molecule has 0 rings (SSSR count). The molecule has 0 nitrogen and oxygen atoms in total. The molecule has 0 aliphatic heterocycles. The molecule has 1 heteroatoms. The fraction of sp³-hybridized carbons (Fsp3) is 0.222. The molecule has 0 aliphatic rings. The molecular formula is C36H32Co. The van der Waals surface area contributed by atoms with Crippen molar-refractivity contribution in [3.05, 3.63) is 0 Å². The van der Waals surface area contributed by atoms with E-state index >= 15 is 0 Å². The van der Waals surface area contributed by atoms with Gasteiger partial charge in [-0.25, -0.2) is 0 Å². The standard InChI is InChI=1S/C8H6.C7H4.C6H2.C5H4.C4H6.C3H4.C2H2.CH4.Co/c1-3-5-7-8-6-4-2;1-3-5-7-6-4-2;1-3-5-6-4-2;1-3-5-4-2;1-3-4-2;1-3-2;1-2;;/h1-2H3;1H,2H3;1-2H;1H,2H3;1-2H3;1H,2H3;1-2H;1H4;. The van der Waals surface area contributed by atoms with E-state index in [1.807, 2.05) is 13.8 Å². The minimum absolute atomic E-state index is 0. The first-order chi connectivity index (χ1) is 17.0. The minimum atomic E-state index is 0. The van der Waals surface area contributed by atoms with Gasteiger partial charge in [0.15, 0.2) is 0 Å². The molecule has 0 bridgehead atoms. The Balaban J connectivity index is -0.0000000362. The molecule has 0 N–H and O–H groups in total. The number of hydrogen-bond acceptors (Lipinski definition) is 0. The molecule has 0 unspecified atom stereocenters. The van der Waals surface area contributed by atoms with E-state index in [2.05, 4.69) is 144 Å². The Hall–Kier alpha value is -5.65. The largest absolute Gasteiger partial charge is 0.124 e. The molecule has 0 atom stereocenters. The zero-order valence-electron chi connectivity index (χ0n) is 21.9. The molecule has 0 fully saturated rings. The van der Waals surface area contributed by atoms with Crippen molar-refractivity contribution < 1.29 is 16.8 Å². The summed E-state index contributed by atoms with van der Waals surface area (Å²) in [6.07, 6.45) is 31.5. The van der Waals surface area contributed by atoms with Crippen LogP contribution in [0.3, 0.4) is 0 Å². The third-order valence-corrected chi connectivity index (χ3v) is 1.41. The zero-order chi connectivity index (χ0) is 28.8. The first-order valence-electron chi connectivity index (χ1n) is 9.03. The van der Waals surface area contributed by atoms with Gasteiger partial charge in [0.1, 0.15) is 0 Å². The van der Waals surface area contributed by atoms with E-state index in [1.54, 1.807) is 34.6 Å². The van der Waals surface area contributed by atoms with E-state index in [1.165, 1.54) is 0 Å². The van der Waals surface area contributed by atoms with Gasteiger partial charge < -0.3 is 0 Å². The fourth-order valence-corrected chi connectivity index (χ4v) is 0.462. The van der Waals surface area contributed by atoms with Gasteiger partial charge in [-0.1, -0.05) is 31.1 Å². The number of terminal acetylenes is 6. The molecule has 0 aliphatic carbocycles. The average molecular weight is 524 g/mol. The molecule has 185 valence electrons. The third kappa shape index (κ3) is 279. The van der Waals surface area contributed by atoms with Gasteiger partial charge in [-0.2, -0.15) is 0 Å². The van der Waals surface area contributed by atoms with Gasteiger partial charge in [-0.05, 0) is 131 Å². The summed E-state index contributed by atoms with van der Waals surface area (Å²) >= 11 is 0. The summed E-state index contributed by atoms with van der Waals surface area (Å²) in [4.78, 5) is 0. The Kier molecular flexibility index (Phi) is 173. The summed E-state index contributed by atoms with van der Waals surface area (Å²) < 4.78 is 0. The van der Waals surface area contributed by atoms with E-state index in [9.17, 15) is 0 Å². The second-order valence-electron chi connectivity index (χ2n) is 3.62. The predicted octanol–water partition coefficient (Wildman–Crippen LogP) is 5.13. The van der Waals surface area contributed by atoms with Crippen LogP contribution in [0.5, 0.6) is 0 Å². The maximum absolute atomic E-state index is 4.78. The van der Waals surface area contributed by atoms with E-state index in [0.717, 1.165) is 0 Å². The monoisotopic (exact) mass is 523 g/mol. The van der Waals surface area contributed by atoms with E-state index < -0.39 is 0 Å². The van der Waals surface area contributed by atoms with Crippen molar-refractivity contribution in [1.82, 2.24) is 0 Å². The maximum atomic E-state index is 4.78. The van der Waals surface area contributed by atoms with Crippen molar-refractivity contribution in [2.45, 2.75) is 55.9 Å². The van der Waals surface area contributed by atoms with Crippen molar-refractivity contribution in [1.29, 1.82) is 0 Å². The Bertz CT molecular complexity index is 1200. The van der Waals surface area contributed by atoms with Crippen molar-refractivity contribution in [2.75, 3.05) is 0 Å². The molecule has 0 aromatic rings. The summed E-state index contributed by atoms with van der Waals surface area (Å²) in [7, 11) is 0. The van der Waals surface area contributed by atoms with Crippen molar-refractivity contribution in [3.8, 4) is 169 Å². The molecule has 37 heavy (non-hydrogen) atoms. The van der Waals surface area contributed by atoms with Gasteiger partial charge in [-0.3, -0.25) is 0 Å². The normalized spacial score (nSPS) is 3.03. The first-order valence-corrected chi connectivity index (χ1v) is 9.03. The maximum Gasteiger partial charge on any atom is 0 e. The van der Waals surface area contributed by atoms with Crippen LogP contribution in [0.4, 0.5) is 0 Å². The second kappa shape index (κ2) is 111. The van der Waals surface area contributed by atoms with Crippen LogP contribution < -0.4 is 0 Å². The Morgan fingerprint density at radius 2 is 0.514 bits per heavy atom. The Morgan fingerprint density at radius 3 is 0.649 bits per heavy atom.